The van der Waals surface area contributed by atoms with Gasteiger partial charge in [-0.15, -0.1) is 0 Å². The van der Waals surface area contributed by atoms with Crippen LogP contribution in [0.4, 0.5) is 4.39 Å². The zero-order valence-corrected chi connectivity index (χ0v) is 20.9. The molecule has 9 nitrogen and oxygen atoms in total. The van der Waals surface area contributed by atoms with E-state index >= 15 is 0 Å². The van der Waals surface area contributed by atoms with Crippen LogP contribution in [-0.4, -0.2) is 34.0 Å². The Bertz CT molecular complexity index is 1490. The van der Waals surface area contributed by atoms with Crippen molar-refractivity contribution in [3.05, 3.63) is 97.6 Å². The smallest absolute Gasteiger partial charge is 0.328 e. The first-order valence-corrected chi connectivity index (χ1v) is 11.3. The lowest BCUT2D eigenvalue weighted by Crippen LogP contribution is -2.40. The van der Waals surface area contributed by atoms with Gasteiger partial charge in [-0.25, -0.2) is 9.18 Å². The highest BCUT2D eigenvalue weighted by Crippen LogP contribution is 2.18. The maximum absolute atomic E-state index is 13.5. The zero-order valence-electron chi connectivity index (χ0n) is 20.9. The number of hydrogen-bond acceptors (Lipinski definition) is 5. The fourth-order valence-corrected chi connectivity index (χ4v) is 3.25. The summed E-state index contributed by atoms with van der Waals surface area (Å²) in [5.41, 5.74) is -0.0150. The first-order chi connectivity index (χ1) is 17.4. The van der Waals surface area contributed by atoms with Gasteiger partial charge in [0.1, 0.15) is 5.56 Å². The van der Waals surface area contributed by atoms with Crippen molar-refractivity contribution in [1.29, 1.82) is 0 Å². The number of carbonyl (C=O) groups excluding carboxylic acids is 2. The van der Waals surface area contributed by atoms with Gasteiger partial charge in [0.15, 0.2) is 11.6 Å². The minimum Gasteiger partial charge on any atom is -0.494 e. The molecule has 0 bridgehead atoms. The number of aromatic nitrogens is 2. The summed E-state index contributed by atoms with van der Waals surface area (Å²) < 4.78 is 19.7. The standard InChI is InChI=1S/C27H27FN4O5/c1-27(2,3)31-25(35)19-8-5-17(6-9-19)15-32-16-20(24(34)30-26(32)36)10-12-23(33)29-14-18-7-11-21(28)22(13-18)37-4/h5-9,11,13,16H,14-15H2,1-4H3,(H,29,33)(H,31,35)(H,30,34,36). The molecule has 3 aromatic rings. The molecule has 0 radical (unpaired) electrons. The van der Waals surface area contributed by atoms with Crippen LogP contribution in [0.5, 0.6) is 5.75 Å². The summed E-state index contributed by atoms with van der Waals surface area (Å²) in [4.78, 5) is 51.1. The summed E-state index contributed by atoms with van der Waals surface area (Å²) in [5, 5.41) is 5.42. The van der Waals surface area contributed by atoms with Crippen molar-refractivity contribution < 1.29 is 18.7 Å². The molecule has 10 heteroatoms. The molecule has 192 valence electrons. The summed E-state index contributed by atoms with van der Waals surface area (Å²) in [7, 11) is 1.34. The van der Waals surface area contributed by atoms with Gasteiger partial charge in [0, 0.05) is 29.8 Å². The molecule has 0 aliphatic carbocycles. The highest BCUT2D eigenvalue weighted by molar-refractivity contribution is 5.94. The number of ether oxygens (including phenoxy) is 1. The lowest BCUT2D eigenvalue weighted by molar-refractivity contribution is -0.115. The predicted octanol–water partition coefficient (Wildman–Crippen LogP) is 1.93. The summed E-state index contributed by atoms with van der Waals surface area (Å²) >= 11 is 0. The van der Waals surface area contributed by atoms with Gasteiger partial charge in [-0.05, 0) is 62.1 Å². The maximum atomic E-state index is 13.5. The number of halogens is 1. The van der Waals surface area contributed by atoms with Gasteiger partial charge in [0.2, 0.25) is 0 Å². The first-order valence-electron chi connectivity index (χ1n) is 11.3. The second-order valence-electron chi connectivity index (χ2n) is 9.23. The van der Waals surface area contributed by atoms with Gasteiger partial charge < -0.3 is 15.4 Å². The number of methoxy groups -OCH3 is 1. The number of rotatable bonds is 6. The summed E-state index contributed by atoms with van der Waals surface area (Å²) in [6.07, 6.45) is 1.27. The highest BCUT2D eigenvalue weighted by atomic mass is 19.1. The number of nitrogens with one attached hydrogen (secondary N) is 3. The number of H-pyrrole nitrogens is 1. The second-order valence-corrected chi connectivity index (χ2v) is 9.23. The number of aromatic amines is 1. The van der Waals surface area contributed by atoms with Crippen molar-refractivity contribution >= 4 is 11.8 Å². The van der Waals surface area contributed by atoms with Crippen molar-refractivity contribution in [2.24, 2.45) is 0 Å². The molecule has 3 rings (SSSR count). The number of amides is 2. The van der Waals surface area contributed by atoms with Gasteiger partial charge >= 0.3 is 5.69 Å². The van der Waals surface area contributed by atoms with Crippen molar-refractivity contribution in [2.45, 2.75) is 39.4 Å². The van der Waals surface area contributed by atoms with Gasteiger partial charge in [-0.1, -0.05) is 18.2 Å². The molecule has 0 atom stereocenters. The Kier molecular flexibility index (Phi) is 8.30. The van der Waals surface area contributed by atoms with Crippen LogP contribution < -0.4 is 26.6 Å². The van der Waals surface area contributed by atoms with Gasteiger partial charge in [0.25, 0.3) is 17.4 Å². The normalized spacial score (nSPS) is 10.7. The van der Waals surface area contributed by atoms with Crippen molar-refractivity contribution in [1.82, 2.24) is 20.2 Å². The van der Waals surface area contributed by atoms with E-state index < -0.39 is 23.0 Å². The monoisotopic (exact) mass is 506 g/mol. The first kappa shape index (κ1) is 26.9. The van der Waals surface area contributed by atoms with Crippen LogP contribution in [-0.2, 0) is 17.9 Å². The average molecular weight is 507 g/mol. The van der Waals surface area contributed by atoms with E-state index in [1.807, 2.05) is 20.8 Å². The molecule has 0 aliphatic rings. The molecular formula is C27H27FN4O5. The minimum absolute atomic E-state index is 0.0504. The van der Waals surface area contributed by atoms with Crippen molar-refractivity contribution in [2.75, 3.05) is 7.11 Å². The van der Waals surface area contributed by atoms with Gasteiger partial charge in [-0.2, -0.15) is 0 Å². The number of nitrogens with zero attached hydrogens (tertiary/aromatic N) is 1. The number of hydrogen-bond donors (Lipinski definition) is 3. The van der Waals surface area contributed by atoms with Crippen LogP contribution in [0.2, 0.25) is 0 Å². The molecule has 3 N–H and O–H groups in total. The van der Waals surface area contributed by atoms with E-state index in [2.05, 4.69) is 27.5 Å². The fraction of sp³-hybridized carbons (Fsp3) is 0.259. The largest absolute Gasteiger partial charge is 0.494 e. The topological polar surface area (TPSA) is 122 Å². The molecule has 37 heavy (non-hydrogen) atoms. The number of carbonyl (C=O) groups is 2. The average Bonchev–Trinajstić information content (AvgIpc) is 2.83. The molecule has 0 saturated heterocycles. The van der Waals surface area contributed by atoms with E-state index in [0.717, 1.165) is 0 Å². The fourth-order valence-electron chi connectivity index (χ4n) is 3.25. The van der Waals surface area contributed by atoms with Gasteiger partial charge in [-0.3, -0.25) is 23.9 Å². The van der Waals surface area contributed by atoms with Crippen LogP contribution in [0.1, 0.15) is 47.8 Å². The van der Waals surface area contributed by atoms with E-state index in [1.165, 1.54) is 36.1 Å². The summed E-state index contributed by atoms with van der Waals surface area (Å²) in [5.74, 6) is 3.45. The quantitative estimate of drug-likeness (QED) is 0.441. The highest BCUT2D eigenvalue weighted by Gasteiger charge is 2.15. The number of benzene rings is 2. The predicted molar refractivity (Wildman–Crippen MR) is 136 cm³/mol. The Morgan fingerprint density at radius 1 is 1.08 bits per heavy atom. The second kappa shape index (κ2) is 11.4. The Morgan fingerprint density at radius 3 is 2.41 bits per heavy atom. The van der Waals surface area contributed by atoms with Crippen LogP contribution in [0.15, 0.2) is 58.3 Å². The lowest BCUT2D eigenvalue weighted by Gasteiger charge is -2.20. The van der Waals surface area contributed by atoms with Crippen molar-refractivity contribution in [3.63, 3.8) is 0 Å². The van der Waals surface area contributed by atoms with Crippen LogP contribution in [0, 0.1) is 17.7 Å². The van der Waals surface area contributed by atoms with Crippen LogP contribution in [0.3, 0.4) is 0 Å². The molecule has 1 heterocycles. The molecule has 0 saturated carbocycles. The molecule has 0 aliphatic heterocycles. The third kappa shape index (κ3) is 7.67. The Balaban J connectivity index is 1.70. The molecular weight excluding hydrogens is 479 g/mol. The van der Waals surface area contributed by atoms with Crippen molar-refractivity contribution in [3.8, 4) is 17.6 Å². The van der Waals surface area contributed by atoms with E-state index in [0.29, 0.717) is 16.7 Å². The third-order valence-electron chi connectivity index (χ3n) is 5.05. The summed E-state index contributed by atoms with van der Waals surface area (Å²) in [6, 6.07) is 10.9. The zero-order chi connectivity index (χ0) is 27.2. The molecule has 0 fully saturated rings. The molecule has 2 amide bonds. The van der Waals surface area contributed by atoms with Crippen LogP contribution in [0.25, 0.3) is 0 Å². The van der Waals surface area contributed by atoms with E-state index in [9.17, 15) is 23.6 Å². The molecule has 1 aromatic heterocycles. The van der Waals surface area contributed by atoms with E-state index in [4.69, 9.17) is 4.74 Å². The molecule has 0 spiro atoms. The van der Waals surface area contributed by atoms with E-state index in [1.54, 1.807) is 24.3 Å². The lowest BCUT2D eigenvalue weighted by atomic mass is 10.1. The molecule has 0 unspecified atom stereocenters. The SMILES string of the molecule is COc1cc(CNC(=O)C#Cc2cn(Cc3ccc(C(=O)NC(C)(C)C)cc3)c(=O)[nH]c2=O)ccc1F. The van der Waals surface area contributed by atoms with E-state index in [-0.39, 0.29) is 35.8 Å². The Hall–Kier alpha value is -4.65. The summed E-state index contributed by atoms with van der Waals surface area (Å²) in [6.45, 7) is 5.84. The molecule has 2 aromatic carbocycles. The Morgan fingerprint density at radius 2 is 1.76 bits per heavy atom. The Labute approximate surface area is 212 Å². The minimum atomic E-state index is -0.723. The van der Waals surface area contributed by atoms with Crippen LogP contribution >= 0.6 is 0 Å². The third-order valence-corrected chi connectivity index (χ3v) is 5.05. The van der Waals surface area contributed by atoms with Gasteiger partial charge in [0.05, 0.1) is 13.7 Å². The maximum Gasteiger partial charge on any atom is 0.328 e.